The van der Waals surface area contributed by atoms with Gasteiger partial charge in [-0.1, -0.05) is 18.2 Å². The number of anilines is 1. The normalized spacial score (nSPS) is 12.1. The van der Waals surface area contributed by atoms with E-state index >= 15 is 0 Å². The van der Waals surface area contributed by atoms with E-state index in [2.05, 4.69) is 4.98 Å². The van der Waals surface area contributed by atoms with Crippen LogP contribution in [0.1, 0.15) is 12.6 Å². The van der Waals surface area contributed by atoms with Gasteiger partial charge in [0.1, 0.15) is 6.10 Å². The van der Waals surface area contributed by atoms with Crippen molar-refractivity contribution in [3.63, 3.8) is 0 Å². The summed E-state index contributed by atoms with van der Waals surface area (Å²) >= 11 is 1.52. The summed E-state index contributed by atoms with van der Waals surface area (Å²) in [4.78, 5) is 18.3. The number of methoxy groups -OCH3 is 1. The Labute approximate surface area is 116 Å². The fourth-order valence-electron chi connectivity index (χ4n) is 1.70. The molecule has 1 aromatic carbocycles. The average molecular weight is 276 g/mol. The van der Waals surface area contributed by atoms with E-state index in [1.54, 1.807) is 17.3 Å². The number of carbonyl (C=O) groups is 1. The Morgan fingerprint density at radius 2 is 2.16 bits per heavy atom. The molecule has 0 bridgehead atoms. The molecule has 0 saturated carbocycles. The van der Waals surface area contributed by atoms with E-state index in [0.717, 1.165) is 11.4 Å². The molecule has 0 aliphatic rings. The molecule has 4 nitrogen and oxygen atoms in total. The third-order valence-corrected chi connectivity index (χ3v) is 3.47. The monoisotopic (exact) mass is 276 g/mol. The predicted octanol–water partition coefficient (Wildman–Crippen LogP) is 2.71. The molecule has 0 spiro atoms. The first-order valence-electron chi connectivity index (χ1n) is 5.98. The molecule has 0 aliphatic heterocycles. The van der Waals surface area contributed by atoms with Gasteiger partial charge in [0, 0.05) is 18.2 Å². The molecule has 2 rings (SSSR count). The molecule has 1 aromatic heterocycles. The highest BCUT2D eigenvalue weighted by Crippen LogP contribution is 2.18. The molecule has 5 heteroatoms. The Morgan fingerprint density at radius 1 is 1.42 bits per heavy atom. The Bertz CT molecular complexity index is 514. The van der Waals surface area contributed by atoms with Crippen LogP contribution in [0.15, 0.2) is 41.2 Å². The number of amides is 1. The zero-order valence-corrected chi connectivity index (χ0v) is 11.8. The second-order valence-electron chi connectivity index (χ2n) is 4.12. The van der Waals surface area contributed by atoms with Crippen LogP contribution in [0.25, 0.3) is 0 Å². The van der Waals surface area contributed by atoms with Crippen molar-refractivity contribution in [2.75, 3.05) is 12.0 Å². The molecule has 100 valence electrons. The summed E-state index contributed by atoms with van der Waals surface area (Å²) in [6.07, 6.45) is -0.473. The van der Waals surface area contributed by atoms with Gasteiger partial charge in [0.05, 0.1) is 17.7 Å². The van der Waals surface area contributed by atoms with Gasteiger partial charge in [-0.05, 0) is 19.1 Å². The second-order valence-corrected chi connectivity index (χ2v) is 4.84. The van der Waals surface area contributed by atoms with E-state index in [1.807, 2.05) is 35.7 Å². The quantitative estimate of drug-likeness (QED) is 0.843. The summed E-state index contributed by atoms with van der Waals surface area (Å²) in [6, 6.07) is 9.57. The van der Waals surface area contributed by atoms with Crippen molar-refractivity contribution in [3.05, 3.63) is 46.9 Å². The molecule has 0 radical (unpaired) electrons. The number of rotatable bonds is 5. The van der Waals surface area contributed by atoms with Crippen molar-refractivity contribution in [3.8, 4) is 0 Å². The molecular formula is C14H16N2O2S. The number of nitrogens with zero attached hydrogens (tertiary/aromatic N) is 2. The predicted molar refractivity (Wildman–Crippen MR) is 76.2 cm³/mol. The highest BCUT2D eigenvalue weighted by atomic mass is 32.1. The van der Waals surface area contributed by atoms with Crippen LogP contribution < -0.4 is 4.90 Å². The molecule has 1 heterocycles. The van der Waals surface area contributed by atoms with Crippen LogP contribution >= 0.6 is 11.3 Å². The lowest BCUT2D eigenvalue weighted by Gasteiger charge is -2.24. The standard InChI is InChI=1S/C14H16N2O2S/c1-11(18-2)14(17)16(8-12-9-19-10-15-12)13-6-4-3-5-7-13/h3-7,9-11H,8H2,1-2H3/t11-/m0/s1. The maximum absolute atomic E-state index is 12.4. The van der Waals surface area contributed by atoms with Crippen LogP contribution in [0.3, 0.4) is 0 Å². The van der Waals surface area contributed by atoms with Crippen molar-refractivity contribution in [2.45, 2.75) is 19.6 Å². The Hall–Kier alpha value is -1.72. The second kappa shape index (κ2) is 6.45. The summed E-state index contributed by atoms with van der Waals surface area (Å²) in [5, 5.41) is 1.95. The molecule has 1 atom stereocenters. The fourth-order valence-corrected chi connectivity index (χ4v) is 2.25. The van der Waals surface area contributed by atoms with Gasteiger partial charge in [-0.25, -0.2) is 4.98 Å². The number of para-hydroxylation sites is 1. The van der Waals surface area contributed by atoms with E-state index in [-0.39, 0.29) is 5.91 Å². The lowest BCUT2D eigenvalue weighted by molar-refractivity contribution is -0.127. The minimum absolute atomic E-state index is 0.0679. The number of aromatic nitrogens is 1. The smallest absolute Gasteiger partial charge is 0.256 e. The summed E-state index contributed by atoms with van der Waals surface area (Å²) in [7, 11) is 1.54. The molecule has 0 fully saturated rings. The van der Waals surface area contributed by atoms with Gasteiger partial charge in [-0.15, -0.1) is 11.3 Å². The minimum atomic E-state index is -0.473. The van der Waals surface area contributed by atoms with Crippen LogP contribution in [0.4, 0.5) is 5.69 Å². The van der Waals surface area contributed by atoms with Crippen molar-refractivity contribution >= 4 is 22.9 Å². The summed E-state index contributed by atoms with van der Waals surface area (Å²) in [6.45, 7) is 2.21. The molecule has 19 heavy (non-hydrogen) atoms. The molecule has 0 unspecified atom stereocenters. The molecule has 0 aliphatic carbocycles. The van der Waals surface area contributed by atoms with E-state index in [4.69, 9.17) is 4.74 Å². The molecule has 2 aromatic rings. The van der Waals surface area contributed by atoms with Gasteiger partial charge in [-0.2, -0.15) is 0 Å². The first kappa shape index (κ1) is 13.7. The van der Waals surface area contributed by atoms with Gasteiger partial charge in [0.15, 0.2) is 0 Å². The van der Waals surface area contributed by atoms with Gasteiger partial charge >= 0.3 is 0 Å². The fraction of sp³-hybridized carbons (Fsp3) is 0.286. The van der Waals surface area contributed by atoms with Crippen molar-refractivity contribution in [1.82, 2.24) is 4.98 Å². The number of benzene rings is 1. The number of carbonyl (C=O) groups excluding carboxylic acids is 1. The van der Waals surface area contributed by atoms with Crippen molar-refractivity contribution in [1.29, 1.82) is 0 Å². The van der Waals surface area contributed by atoms with Crippen LogP contribution in [-0.2, 0) is 16.1 Å². The van der Waals surface area contributed by atoms with Gasteiger partial charge in [0.25, 0.3) is 5.91 Å². The zero-order valence-electron chi connectivity index (χ0n) is 10.9. The lowest BCUT2D eigenvalue weighted by atomic mass is 10.2. The maximum atomic E-state index is 12.4. The van der Waals surface area contributed by atoms with Crippen LogP contribution in [-0.4, -0.2) is 24.1 Å². The Balaban J connectivity index is 2.25. The largest absolute Gasteiger partial charge is 0.372 e. The zero-order chi connectivity index (χ0) is 13.7. The van der Waals surface area contributed by atoms with Gasteiger partial charge in [-0.3, -0.25) is 4.79 Å². The van der Waals surface area contributed by atoms with Crippen LogP contribution in [0.2, 0.25) is 0 Å². The average Bonchev–Trinajstić information content (AvgIpc) is 2.97. The first-order chi connectivity index (χ1) is 9.22. The summed E-state index contributed by atoms with van der Waals surface area (Å²) in [5.41, 5.74) is 3.50. The molecular weight excluding hydrogens is 260 g/mol. The number of hydrogen-bond acceptors (Lipinski definition) is 4. The van der Waals surface area contributed by atoms with E-state index in [9.17, 15) is 4.79 Å². The Kier molecular flexibility index (Phi) is 4.65. The number of hydrogen-bond donors (Lipinski definition) is 0. The highest BCUT2D eigenvalue weighted by molar-refractivity contribution is 7.07. The lowest BCUT2D eigenvalue weighted by Crippen LogP contribution is -2.38. The van der Waals surface area contributed by atoms with E-state index < -0.39 is 6.10 Å². The van der Waals surface area contributed by atoms with Gasteiger partial charge in [0.2, 0.25) is 0 Å². The maximum Gasteiger partial charge on any atom is 0.256 e. The van der Waals surface area contributed by atoms with Crippen molar-refractivity contribution < 1.29 is 9.53 Å². The van der Waals surface area contributed by atoms with E-state index in [0.29, 0.717) is 6.54 Å². The first-order valence-corrected chi connectivity index (χ1v) is 6.93. The topological polar surface area (TPSA) is 42.4 Å². The molecule has 1 amide bonds. The van der Waals surface area contributed by atoms with Crippen molar-refractivity contribution in [2.24, 2.45) is 0 Å². The summed E-state index contributed by atoms with van der Waals surface area (Å²) in [5.74, 6) is -0.0679. The Morgan fingerprint density at radius 3 is 2.74 bits per heavy atom. The highest BCUT2D eigenvalue weighted by Gasteiger charge is 2.22. The molecule has 0 saturated heterocycles. The third kappa shape index (κ3) is 3.39. The number of thiazole rings is 1. The number of ether oxygens (including phenoxy) is 1. The minimum Gasteiger partial charge on any atom is -0.372 e. The van der Waals surface area contributed by atoms with Crippen LogP contribution in [0.5, 0.6) is 0 Å². The summed E-state index contributed by atoms with van der Waals surface area (Å²) < 4.78 is 5.12. The van der Waals surface area contributed by atoms with Gasteiger partial charge < -0.3 is 9.64 Å². The third-order valence-electron chi connectivity index (χ3n) is 2.84. The molecule has 0 N–H and O–H groups in total. The van der Waals surface area contributed by atoms with E-state index in [1.165, 1.54) is 18.4 Å². The van der Waals surface area contributed by atoms with Crippen LogP contribution in [0, 0.1) is 0 Å². The SMILES string of the molecule is CO[C@@H](C)C(=O)N(Cc1cscn1)c1ccccc1.